The average molecular weight is 222 g/mol. The highest BCUT2D eigenvalue weighted by molar-refractivity contribution is 5.94. The second kappa shape index (κ2) is 5.51. The minimum atomic E-state index is -0.0840. The van der Waals surface area contributed by atoms with Gasteiger partial charge in [-0.25, -0.2) is 0 Å². The smallest absolute Gasteiger partial charge is 0.252 e. The SMILES string of the molecule is CC(C)OCC(=O)N(C)c1cccc(N)c1. The third kappa shape index (κ3) is 3.55. The minimum absolute atomic E-state index is 0.0539. The van der Waals surface area contributed by atoms with E-state index in [4.69, 9.17) is 10.5 Å². The molecule has 1 aromatic rings. The summed E-state index contributed by atoms with van der Waals surface area (Å²) in [5.41, 5.74) is 7.07. The van der Waals surface area contributed by atoms with Gasteiger partial charge >= 0.3 is 0 Å². The Morgan fingerprint density at radius 1 is 1.50 bits per heavy atom. The fourth-order valence-electron chi connectivity index (χ4n) is 1.21. The Kier molecular flexibility index (Phi) is 4.31. The molecule has 1 rings (SSSR count). The van der Waals surface area contributed by atoms with Gasteiger partial charge in [0, 0.05) is 18.4 Å². The third-order valence-electron chi connectivity index (χ3n) is 2.17. The maximum atomic E-state index is 11.7. The molecule has 0 fully saturated rings. The molecule has 0 aliphatic heterocycles. The van der Waals surface area contributed by atoms with Gasteiger partial charge in [-0.05, 0) is 32.0 Å². The van der Waals surface area contributed by atoms with Crippen LogP contribution in [0.25, 0.3) is 0 Å². The highest BCUT2D eigenvalue weighted by Gasteiger charge is 2.11. The molecular formula is C12H18N2O2. The number of rotatable bonds is 4. The Bertz CT molecular complexity index is 364. The fraction of sp³-hybridized carbons (Fsp3) is 0.417. The van der Waals surface area contributed by atoms with Crippen LogP contribution in [-0.4, -0.2) is 25.7 Å². The zero-order valence-electron chi connectivity index (χ0n) is 9.93. The van der Waals surface area contributed by atoms with E-state index in [1.54, 1.807) is 24.1 Å². The third-order valence-corrected chi connectivity index (χ3v) is 2.17. The second-order valence-corrected chi connectivity index (χ2v) is 3.91. The largest absolute Gasteiger partial charge is 0.399 e. The van der Waals surface area contributed by atoms with Crippen LogP contribution in [0.4, 0.5) is 11.4 Å². The number of nitrogens with zero attached hydrogens (tertiary/aromatic N) is 1. The Hall–Kier alpha value is -1.55. The van der Waals surface area contributed by atoms with Crippen LogP contribution in [0.3, 0.4) is 0 Å². The maximum absolute atomic E-state index is 11.7. The van der Waals surface area contributed by atoms with Crippen molar-refractivity contribution < 1.29 is 9.53 Å². The van der Waals surface area contributed by atoms with Gasteiger partial charge in [0.15, 0.2) is 0 Å². The second-order valence-electron chi connectivity index (χ2n) is 3.91. The number of amides is 1. The lowest BCUT2D eigenvalue weighted by Gasteiger charge is -2.18. The lowest BCUT2D eigenvalue weighted by Crippen LogP contribution is -2.31. The Morgan fingerprint density at radius 2 is 2.19 bits per heavy atom. The molecule has 16 heavy (non-hydrogen) atoms. The molecule has 0 unspecified atom stereocenters. The summed E-state index contributed by atoms with van der Waals surface area (Å²) in [5.74, 6) is -0.0840. The quantitative estimate of drug-likeness (QED) is 0.788. The van der Waals surface area contributed by atoms with Crippen molar-refractivity contribution in [3.05, 3.63) is 24.3 Å². The van der Waals surface area contributed by atoms with E-state index >= 15 is 0 Å². The Labute approximate surface area is 96.0 Å². The average Bonchev–Trinajstić information content (AvgIpc) is 2.24. The van der Waals surface area contributed by atoms with Gasteiger partial charge in [-0.3, -0.25) is 4.79 Å². The molecular weight excluding hydrogens is 204 g/mol. The van der Waals surface area contributed by atoms with Gasteiger partial charge in [-0.1, -0.05) is 6.07 Å². The van der Waals surface area contributed by atoms with Crippen molar-refractivity contribution in [2.24, 2.45) is 0 Å². The van der Waals surface area contributed by atoms with Crippen LogP contribution >= 0.6 is 0 Å². The van der Waals surface area contributed by atoms with Gasteiger partial charge in [0.25, 0.3) is 5.91 Å². The van der Waals surface area contributed by atoms with Crippen LogP contribution in [0.1, 0.15) is 13.8 Å². The van der Waals surface area contributed by atoms with E-state index in [-0.39, 0.29) is 18.6 Å². The highest BCUT2D eigenvalue weighted by Crippen LogP contribution is 2.16. The van der Waals surface area contributed by atoms with Gasteiger partial charge in [-0.2, -0.15) is 0 Å². The molecule has 88 valence electrons. The number of benzene rings is 1. The molecule has 2 N–H and O–H groups in total. The normalized spacial score (nSPS) is 10.5. The number of nitrogens with two attached hydrogens (primary N) is 1. The van der Waals surface area contributed by atoms with E-state index < -0.39 is 0 Å². The number of carbonyl (C=O) groups excluding carboxylic acids is 1. The van der Waals surface area contributed by atoms with Gasteiger partial charge < -0.3 is 15.4 Å². The van der Waals surface area contributed by atoms with Gasteiger partial charge in [0.2, 0.25) is 0 Å². The molecule has 0 radical (unpaired) electrons. The molecule has 4 nitrogen and oxygen atoms in total. The molecule has 0 heterocycles. The van der Waals surface area contributed by atoms with Gasteiger partial charge in [0.1, 0.15) is 6.61 Å². The Morgan fingerprint density at radius 3 is 2.75 bits per heavy atom. The van der Waals surface area contributed by atoms with Crippen molar-refractivity contribution in [1.29, 1.82) is 0 Å². The molecule has 0 saturated heterocycles. The zero-order valence-corrected chi connectivity index (χ0v) is 9.93. The topological polar surface area (TPSA) is 55.6 Å². The standard InChI is InChI=1S/C12H18N2O2/c1-9(2)16-8-12(15)14(3)11-6-4-5-10(13)7-11/h4-7,9H,8,13H2,1-3H3. The van der Waals surface area contributed by atoms with Crippen molar-refractivity contribution in [1.82, 2.24) is 0 Å². The summed E-state index contributed by atoms with van der Waals surface area (Å²) >= 11 is 0. The van der Waals surface area contributed by atoms with Crippen LogP contribution in [0.15, 0.2) is 24.3 Å². The van der Waals surface area contributed by atoms with Crippen molar-refractivity contribution in [2.75, 3.05) is 24.3 Å². The van der Waals surface area contributed by atoms with E-state index in [0.29, 0.717) is 5.69 Å². The minimum Gasteiger partial charge on any atom is -0.399 e. The highest BCUT2D eigenvalue weighted by atomic mass is 16.5. The number of anilines is 2. The van der Waals surface area contributed by atoms with E-state index in [0.717, 1.165) is 5.69 Å². The summed E-state index contributed by atoms with van der Waals surface area (Å²) in [6, 6.07) is 7.20. The van der Waals surface area contributed by atoms with Crippen LogP contribution in [0.5, 0.6) is 0 Å². The van der Waals surface area contributed by atoms with E-state index in [1.807, 2.05) is 26.0 Å². The van der Waals surface area contributed by atoms with Crippen LogP contribution in [0, 0.1) is 0 Å². The number of hydrogen-bond acceptors (Lipinski definition) is 3. The van der Waals surface area contributed by atoms with E-state index in [9.17, 15) is 4.79 Å². The number of hydrogen-bond donors (Lipinski definition) is 1. The van der Waals surface area contributed by atoms with Crippen molar-refractivity contribution >= 4 is 17.3 Å². The first-order valence-electron chi connectivity index (χ1n) is 5.24. The summed E-state index contributed by atoms with van der Waals surface area (Å²) in [7, 11) is 1.71. The van der Waals surface area contributed by atoms with Crippen molar-refractivity contribution in [3.63, 3.8) is 0 Å². The Balaban J connectivity index is 2.63. The summed E-state index contributed by atoms with van der Waals surface area (Å²) in [6.07, 6.45) is 0.0539. The zero-order chi connectivity index (χ0) is 12.1. The molecule has 0 aliphatic rings. The molecule has 1 amide bonds. The van der Waals surface area contributed by atoms with E-state index in [2.05, 4.69) is 0 Å². The number of nitrogen functional groups attached to an aromatic ring is 1. The molecule has 1 aromatic carbocycles. The molecule has 0 spiro atoms. The fourth-order valence-corrected chi connectivity index (χ4v) is 1.21. The number of ether oxygens (including phenoxy) is 1. The van der Waals surface area contributed by atoms with Gasteiger partial charge in [0.05, 0.1) is 6.10 Å². The lowest BCUT2D eigenvalue weighted by molar-refractivity contribution is -0.124. The first-order chi connectivity index (χ1) is 7.50. The predicted molar refractivity (Wildman–Crippen MR) is 65.4 cm³/mol. The lowest BCUT2D eigenvalue weighted by atomic mass is 10.2. The molecule has 0 aromatic heterocycles. The number of likely N-dealkylation sites (N-methyl/N-ethyl adjacent to an activating group) is 1. The van der Waals surface area contributed by atoms with Crippen molar-refractivity contribution in [3.8, 4) is 0 Å². The monoisotopic (exact) mass is 222 g/mol. The molecule has 0 bridgehead atoms. The van der Waals surface area contributed by atoms with Crippen LogP contribution in [0.2, 0.25) is 0 Å². The van der Waals surface area contributed by atoms with E-state index in [1.165, 1.54) is 0 Å². The molecule has 0 atom stereocenters. The summed E-state index contributed by atoms with van der Waals surface area (Å²) < 4.78 is 5.25. The molecule has 0 saturated carbocycles. The molecule has 4 heteroatoms. The van der Waals surface area contributed by atoms with Crippen LogP contribution < -0.4 is 10.6 Å². The predicted octanol–water partition coefficient (Wildman–Crippen LogP) is 1.66. The molecule has 0 aliphatic carbocycles. The van der Waals surface area contributed by atoms with Crippen molar-refractivity contribution in [2.45, 2.75) is 20.0 Å². The number of carbonyl (C=O) groups is 1. The summed E-state index contributed by atoms with van der Waals surface area (Å²) in [5, 5.41) is 0. The summed E-state index contributed by atoms with van der Waals surface area (Å²) in [6.45, 7) is 3.88. The first-order valence-corrected chi connectivity index (χ1v) is 5.24. The first kappa shape index (κ1) is 12.5. The van der Waals surface area contributed by atoms with Gasteiger partial charge in [-0.15, -0.1) is 0 Å². The van der Waals surface area contributed by atoms with Crippen LogP contribution in [-0.2, 0) is 9.53 Å². The maximum Gasteiger partial charge on any atom is 0.252 e. The summed E-state index contributed by atoms with van der Waals surface area (Å²) in [4.78, 5) is 13.3.